The molecule has 22 heavy (non-hydrogen) atoms. The molecular formula is C13H10BrN3O4S. The number of rotatable bonds is 6. The maximum absolute atomic E-state index is 11.6. The highest BCUT2D eigenvalue weighted by molar-refractivity contribution is 9.10. The molecule has 0 bridgehead atoms. The van der Waals surface area contributed by atoms with E-state index in [-0.39, 0.29) is 18.0 Å². The average Bonchev–Trinajstić information content (AvgIpc) is 2.91. The Hall–Kier alpha value is -2.26. The van der Waals surface area contributed by atoms with Crippen molar-refractivity contribution in [2.45, 2.75) is 0 Å². The fourth-order valence-electron chi connectivity index (χ4n) is 1.47. The van der Waals surface area contributed by atoms with Crippen LogP contribution in [0.2, 0.25) is 0 Å². The first-order chi connectivity index (χ1) is 10.6. The third-order valence-corrected chi connectivity index (χ3v) is 4.02. The lowest BCUT2D eigenvalue weighted by atomic mass is 10.3. The van der Waals surface area contributed by atoms with Crippen LogP contribution in [-0.4, -0.2) is 23.7 Å². The summed E-state index contributed by atoms with van der Waals surface area (Å²) < 4.78 is 6.07. The lowest BCUT2D eigenvalue weighted by molar-refractivity contribution is -0.385. The van der Waals surface area contributed by atoms with Gasteiger partial charge < -0.3 is 4.74 Å². The van der Waals surface area contributed by atoms with Crippen LogP contribution in [-0.2, 0) is 4.79 Å². The Bertz CT molecular complexity index is 717. The van der Waals surface area contributed by atoms with Crippen LogP contribution in [0.25, 0.3) is 0 Å². The van der Waals surface area contributed by atoms with Gasteiger partial charge in [-0.05, 0) is 28.1 Å². The summed E-state index contributed by atoms with van der Waals surface area (Å²) in [4.78, 5) is 22.7. The SMILES string of the molecule is O=C(COc1ccccc1[N+](=O)[O-])N/N=C/c1cc(Br)cs1. The maximum Gasteiger partial charge on any atom is 0.310 e. The first-order valence-corrected chi connectivity index (χ1v) is 7.65. The lowest BCUT2D eigenvalue weighted by Crippen LogP contribution is -2.24. The van der Waals surface area contributed by atoms with Crippen molar-refractivity contribution in [1.29, 1.82) is 0 Å². The van der Waals surface area contributed by atoms with Crippen LogP contribution in [0.5, 0.6) is 5.75 Å². The molecule has 1 aromatic carbocycles. The largest absolute Gasteiger partial charge is 0.477 e. The zero-order valence-corrected chi connectivity index (χ0v) is 13.5. The van der Waals surface area contributed by atoms with Crippen LogP contribution in [0.3, 0.4) is 0 Å². The number of hydrazone groups is 1. The molecule has 1 aromatic heterocycles. The molecule has 1 heterocycles. The Morgan fingerprint density at radius 1 is 1.50 bits per heavy atom. The number of thiophene rings is 1. The summed E-state index contributed by atoms with van der Waals surface area (Å²) in [5.41, 5.74) is 2.09. The first-order valence-electron chi connectivity index (χ1n) is 5.98. The highest BCUT2D eigenvalue weighted by atomic mass is 79.9. The fraction of sp³-hybridized carbons (Fsp3) is 0.0769. The van der Waals surface area contributed by atoms with Gasteiger partial charge in [-0.25, -0.2) is 5.43 Å². The van der Waals surface area contributed by atoms with Gasteiger partial charge in [-0.3, -0.25) is 14.9 Å². The van der Waals surface area contributed by atoms with E-state index >= 15 is 0 Å². The number of halogens is 1. The van der Waals surface area contributed by atoms with E-state index in [1.165, 1.54) is 35.8 Å². The molecule has 114 valence electrons. The number of benzene rings is 1. The van der Waals surface area contributed by atoms with E-state index < -0.39 is 10.8 Å². The number of nitrogens with zero attached hydrogens (tertiary/aromatic N) is 2. The summed E-state index contributed by atoms with van der Waals surface area (Å²) in [7, 11) is 0. The van der Waals surface area contributed by atoms with Crippen molar-refractivity contribution < 1.29 is 14.5 Å². The van der Waals surface area contributed by atoms with E-state index in [4.69, 9.17) is 4.74 Å². The number of carbonyl (C=O) groups is 1. The van der Waals surface area contributed by atoms with Crippen molar-refractivity contribution in [1.82, 2.24) is 5.43 Å². The van der Waals surface area contributed by atoms with Gasteiger partial charge in [-0.15, -0.1) is 11.3 Å². The topological polar surface area (TPSA) is 93.8 Å². The fourth-order valence-corrected chi connectivity index (χ4v) is 2.77. The van der Waals surface area contributed by atoms with Crippen molar-refractivity contribution in [3.05, 3.63) is 55.2 Å². The Kier molecular flexibility index (Phi) is 5.61. The van der Waals surface area contributed by atoms with E-state index in [0.717, 1.165) is 9.35 Å². The molecule has 0 radical (unpaired) electrons. The summed E-state index contributed by atoms with van der Waals surface area (Å²) in [5.74, 6) is -0.473. The van der Waals surface area contributed by atoms with Crippen molar-refractivity contribution in [2.24, 2.45) is 5.10 Å². The van der Waals surface area contributed by atoms with Crippen molar-refractivity contribution in [3.8, 4) is 5.75 Å². The molecule has 7 nitrogen and oxygen atoms in total. The van der Waals surface area contributed by atoms with E-state index in [9.17, 15) is 14.9 Å². The number of amides is 1. The molecule has 0 saturated heterocycles. The number of para-hydroxylation sites is 2. The minimum atomic E-state index is -0.569. The Balaban J connectivity index is 1.85. The number of hydrogen-bond acceptors (Lipinski definition) is 6. The van der Waals surface area contributed by atoms with Crippen LogP contribution < -0.4 is 10.2 Å². The van der Waals surface area contributed by atoms with E-state index in [1.54, 1.807) is 6.07 Å². The predicted octanol–water partition coefficient (Wildman–Crippen LogP) is 2.95. The zero-order valence-electron chi connectivity index (χ0n) is 11.1. The normalized spacial score (nSPS) is 10.6. The van der Waals surface area contributed by atoms with Gasteiger partial charge in [0.2, 0.25) is 0 Å². The van der Waals surface area contributed by atoms with Gasteiger partial charge in [0.1, 0.15) is 0 Å². The lowest BCUT2D eigenvalue weighted by Gasteiger charge is -2.05. The third-order valence-electron chi connectivity index (χ3n) is 2.39. The minimum absolute atomic E-state index is 0.0359. The summed E-state index contributed by atoms with van der Waals surface area (Å²) in [6, 6.07) is 7.70. The molecule has 2 aromatic rings. The second kappa shape index (κ2) is 7.66. The number of hydrogen-bond donors (Lipinski definition) is 1. The number of nitro groups is 1. The number of ether oxygens (including phenoxy) is 1. The smallest absolute Gasteiger partial charge is 0.310 e. The summed E-state index contributed by atoms with van der Waals surface area (Å²) in [6.45, 7) is -0.365. The monoisotopic (exact) mass is 383 g/mol. The van der Waals surface area contributed by atoms with Gasteiger partial charge in [-0.2, -0.15) is 5.10 Å². The Morgan fingerprint density at radius 2 is 2.27 bits per heavy atom. The highest BCUT2D eigenvalue weighted by Gasteiger charge is 2.14. The molecule has 0 spiro atoms. The molecule has 2 rings (SSSR count). The molecule has 0 atom stereocenters. The number of nitrogens with one attached hydrogen (secondary N) is 1. The van der Waals surface area contributed by atoms with E-state index in [1.807, 2.05) is 11.4 Å². The quantitative estimate of drug-likeness (QED) is 0.471. The molecular weight excluding hydrogens is 374 g/mol. The Labute approximate surface area is 137 Å². The molecule has 0 unspecified atom stereocenters. The second-order valence-corrected chi connectivity index (χ2v) is 5.83. The molecule has 0 aliphatic heterocycles. The molecule has 9 heteroatoms. The number of carbonyl (C=O) groups excluding carboxylic acids is 1. The van der Waals surface area contributed by atoms with Crippen molar-refractivity contribution in [3.63, 3.8) is 0 Å². The standard InChI is InChI=1S/C13H10BrN3O4S/c14-9-5-10(22-8-9)6-15-16-13(18)7-21-12-4-2-1-3-11(12)17(19)20/h1-6,8H,7H2,(H,16,18)/b15-6+. The van der Waals surface area contributed by atoms with E-state index in [0.29, 0.717) is 0 Å². The predicted molar refractivity (Wildman–Crippen MR) is 86.3 cm³/mol. The van der Waals surface area contributed by atoms with Crippen LogP contribution in [0, 0.1) is 10.1 Å². The van der Waals surface area contributed by atoms with Gasteiger partial charge in [0.15, 0.2) is 12.4 Å². The zero-order chi connectivity index (χ0) is 15.9. The summed E-state index contributed by atoms with van der Waals surface area (Å²) in [6.07, 6.45) is 1.50. The van der Waals surface area contributed by atoms with Crippen LogP contribution in [0.4, 0.5) is 5.69 Å². The van der Waals surface area contributed by atoms with Gasteiger partial charge in [0.25, 0.3) is 5.91 Å². The van der Waals surface area contributed by atoms with Gasteiger partial charge in [-0.1, -0.05) is 12.1 Å². The summed E-state index contributed by atoms with van der Waals surface area (Å²) >= 11 is 4.77. The first kappa shape index (κ1) is 16.1. The molecule has 0 saturated carbocycles. The molecule has 1 amide bonds. The molecule has 0 aliphatic carbocycles. The van der Waals surface area contributed by atoms with Crippen LogP contribution >= 0.6 is 27.3 Å². The van der Waals surface area contributed by atoms with Crippen LogP contribution in [0.1, 0.15) is 4.88 Å². The molecule has 0 fully saturated rings. The highest BCUT2D eigenvalue weighted by Crippen LogP contribution is 2.25. The Morgan fingerprint density at radius 3 is 2.95 bits per heavy atom. The molecule has 0 aliphatic rings. The third kappa shape index (κ3) is 4.64. The molecule has 1 N–H and O–H groups in total. The van der Waals surface area contributed by atoms with Crippen LogP contribution in [0.15, 0.2) is 45.3 Å². The van der Waals surface area contributed by atoms with Gasteiger partial charge in [0.05, 0.1) is 11.1 Å². The minimum Gasteiger partial charge on any atom is -0.477 e. The van der Waals surface area contributed by atoms with Crippen molar-refractivity contribution >= 4 is 45.1 Å². The van der Waals surface area contributed by atoms with Gasteiger partial charge in [0, 0.05) is 20.8 Å². The van der Waals surface area contributed by atoms with Gasteiger partial charge >= 0.3 is 5.69 Å². The number of nitro benzene ring substituents is 1. The van der Waals surface area contributed by atoms with Crippen molar-refractivity contribution in [2.75, 3.05) is 6.61 Å². The summed E-state index contributed by atoms with van der Waals surface area (Å²) in [5, 5.41) is 16.5. The maximum atomic E-state index is 11.6. The average molecular weight is 384 g/mol. The second-order valence-electron chi connectivity index (χ2n) is 3.97. The van der Waals surface area contributed by atoms with E-state index in [2.05, 4.69) is 26.5 Å².